The van der Waals surface area contributed by atoms with Gasteiger partial charge in [0.05, 0.1) is 0 Å². The van der Waals surface area contributed by atoms with Crippen LogP contribution in [0.4, 0.5) is 0 Å². The number of Topliss-reactive ketones (excluding diaryl/α,β-unsaturated/α-hetero) is 1. The number of nitrogens with one attached hydrogen (secondary N) is 1. The van der Waals surface area contributed by atoms with Crippen molar-refractivity contribution < 1.29 is 4.79 Å². The first-order valence-corrected chi connectivity index (χ1v) is 12.8. The molecule has 0 fully saturated rings. The smallest absolute Gasteiger partial charge is 0.210 e. The molecule has 0 spiro atoms. The molecule has 1 atom stereocenters. The minimum absolute atomic E-state index is 0.00866. The predicted molar refractivity (Wildman–Crippen MR) is 148 cm³/mol. The summed E-state index contributed by atoms with van der Waals surface area (Å²) in [5.74, 6) is -0.00866. The van der Waals surface area contributed by atoms with E-state index in [4.69, 9.17) is 4.98 Å². The maximum atomic E-state index is 14.0. The van der Waals surface area contributed by atoms with Crippen LogP contribution in [0.3, 0.4) is 0 Å². The number of fused-ring (bicyclic) bond motifs is 1. The summed E-state index contributed by atoms with van der Waals surface area (Å²) in [6.07, 6.45) is 1.79. The van der Waals surface area contributed by atoms with Crippen molar-refractivity contribution in [3.05, 3.63) is 133 Å². The number of aromatic amines is 1. The van der Waals surface area contributed by atoms with Crippen molar-refractivity contribution in [1.29, 1.82) is 0 Å². The second kappa shape index (κ2) is 10.2. The van der Waals surface area contributed by atoms with Gasteiger partial charge in [-0.25, -0.2) is 4.98 Å². The SMILES string of the molecule is O=C(c1c[nH]c2ccccc12)C(Sc1nnc(-c2ccccc2)c(-c2ccccc2)n1)c1ccccc1. The monoisotopic (exact) mass is 498 g/mol. The van der Waals surface area contributed by atoms with Gasteiger partial charge in [-0.15, -0.1) is 10.2 Å². The lowest BCUT2D eigenvalue weighted by Crippen LogP contribution is -2.11. The topological polar surface area (TPSA) is 71.5 Å². The number of aromatic nitrogens is 4. The summed E-state index contributed by atoms with van der Waals surface area (Å²) in [7, 11) is 0. The van der Waals surface area contributed by atoms with E-state index in [0.717, 1.165) is 33.3 Å². The predicted octanol–water partition coefficient (Wildman–Crippen LogP) is 7.40. The fourth-order valence-corrected chi connectivity index (χ4v) is 5.34. The number of para-hydroxylation sites is 1. The average molecular weight is 499 g/mol. The fourth-order valence-electron chi connectivity index (χ4n) is 4.37. The van der Waals surface area contributed by atoms with Crippen LogP contribution in [0.1, 0.15) is 21.2 Å². The lowest BCUT2D eigenvalue weighted by Gasteiger charge is -2.16. The normalized spacial score (nSPS) is 11.9. The van der Waals surface area contributed by atoms with E-state index in [1.54, 1.807) is 6.20 Å². The molecule has 0 amide bonds. The number of carbonyl (C=O) groups excluding carboxylic acids is 1. The largest absolute Gasteiger partial charge is 0.360 e. The third-order valence-electron chi connectivity index (χ3n) is 6.18. The van der Waals surface area contributed by atoms with Gasteiger partial charge in [0.15, 0.2) is 5.78 Å². The Balaban J connectivity index is 1.44. The molecule has 1 N–H and O–H groups in total. The van der Waals surface area contributed by atoms with Gasteiger partial charge in [0.1, 0.15) is 16.6 Å². The van der Waals surface area contributed by atoms with Crippen molar-refractivity contribution in [2.45, 2.75) is 10.4 Å². The van der Waals surface area contributed by atoms with E-state index >= 15 is 0 Å². The van der Waals surface area contributed by atoms with E-state index in [9.17, 15) is 4.79 Å². The summed E-state index contributed by atoms with van der Waals surface area (Å²) < 4.78 is 0. The molecular formula is C31H22N4OS. The maximum Gasteiger partial charge on any atom is 0.210 e. The van der Waals surface area contributed by atoms with Gasteiger partial charge in [-0.3, -0.25) is 4.79 Å². The number of ketones is 1. The molecular weight excluding hydrogens is 476 g/mol. The summed E-state index contributed by atoms with van der Waals surface area (Å²) in [6, 6.07) is 37.5. The molecule has 37 heavy (non-hydrogen) atoms. The Hall–Kier alpha value is -4.55. The fraction of sp³-hybridized carbons (Fsp3) is 0.0323. The Bertz CT molecular complexity index is 1670. The lowest BCUT2D eigenvalue weighted by atomic mass is 10.0. The summed E-state index contributed by atoms with van der Waals surface area (Å²) in [4.78, 5) is 22.1. The number of nitrogens with zero attached hydrogens (tertiary/aromatic N) is 3. The van der Waals surface area contributed by atoms with Gasteiger partial charge < -0.3 is 4.98 Å². The number of hydrogen-bond acceptors (Lipinski definition) is 5. The van der Waals surface area contributed by atoms with Crippen LogP contribution in [0.25, 0.3) is 33.4 Å². The van der Waals surface area contributed by atoms with Crippen molar-refractivity contribution >= 4 is 28.4 Å². The first-order valence-electron chi connectivity index (χ1n) is 12.0. The van der Waals surface area contributed by atoms with Crippen LogP contribution >= 0.6 is 11.8 Å². The highest BCUT2D eigenvalue weighted by atomic mass is 32.2. The molecule has 0 aliphatic heterocycles. The Kier molecular flexibility index (Phi) is 6.31. The van der Waals surface area contributed by atoms with Gasteiger partial charge in [-0.05, 0) is 11.6 Å². The first-order chi connectivity index (χ1) is 18.3. The third-order valence-corrected chi connectivity index (χ3v) is 7.29. The summed E-state index contributed by atoms with van der Waals surface area (Å²) in [6.45, 7) is 0. The zero-order chi connectivity index (χ0) is 25.0. The second-order valence-electron chi connectivity index (χ2n) is 8.54. The molecule has 0 aliphatic carbocycles. The van der Waals surface area contributed by atoms with Crippen molar-refractivity contribution in [2.75, 3.05) is 0 Å². The Labute approximate surface area is 218 Å². The van der Waals surface area contributed by atoms with Crippen molar-refractivity contribution in [3.8, 4) is 22.5 Å². The van der Waals surface area contributed by atoms with Crippen LogP contribution in [0.5, 0.6) is 0 Å². The van der Waals surface area contributed by atoms with Crippen LogP contribution in [0, 0.1) is 0 Å². The maximum absolute atomic E-state index is 14.0. The van der Waals surface area contributed by atoms with Gasteiger partial charge >= 0.3 is 0 Å². The van der Waals surface area contributed by atoms with Crippen LogP contribution in [0.2, 0.25) is 0 Å². The molecule has 0 radical (unpaired) electrons. The van der Waals surface area contributed by atoms with Crippen molar-refractivity contribution in [1.82, 2.24) is 20.2 Å². The quantitative estimate of drug-likeness (QED) is 0.183. The van der Waals surface area contributed by atoms with Crippen LogP contribution < -0.4 is 0 Å². The molecule has 2 aromatic heterocycles. The number of thioether (sulfide) groups is 1. The Morgan fingerprint density at radius 1 is 0.676 bits per heavy atom. The summed E-state index contributed by atoms with van der Waals surface area (Å²) >= 11 is 1.32. The zero-order valence-electron chi connectivity index (χ0n) is 19.8. The molecule has 1 unspecified atom stereocenters. The van der Waals surface area contributed by atoms with Crippen LogP contribution in [-0.2, 0) is 0 Å². The number of hydrogen-bond donors (Lipinski definition) is 1. The van der Waals surface area contributed by atoms with E-state index in [1.807, 2.05) is 115 Å². The van der Waals surface area contributed by atoms with Crippen LogP contribution in [-0.4, -0.2) is 25.9 Å². The van der Waals surface area contributed by atoms with E-state index in [1.165, 1.54) is 11.8 Å². The van der Waals surface area contributed by atoms with Gasteiger partial charge in [-0.2, -0.15) is 0 Å². The van der Waals surface area contributed by atoms with Gasteiger partial charge in [0, 0.05) is 33.8 Å². The molecule has 6 rings (SSSR count). The summed E-state index contributed by atoms with van der Waals surface area (Å²) in [5, 5.41) is 9.88. The standard InChI is InChI=1S/C31H22N4OS/c36-29(25-20-32-26-19-11-10-18-24(25)26)30(23-16-8-3-9-17-23)37-31-33-27(21-12-4-1-5-13-21)28(34-35-31)22-14-6-2-7-15-22/h1-20,30,32H. The molecule has 5 nitrogen and oxygen atoms in total. The highest BCUT2D eigenvalue weighted by Crippen LogP contribution is 2.39. The first kappa shape index (κ1) is 22.9. The van der Waals surface area contributed by atoms with E-state index < -0.39 is 5.25 Å². The Morgan fingerprint density at radius 2 is 1.27 bits per heavy atom. The van der Waals surface area contributed by atoms with Gasteiger partial charge in [0.25, 0.3) is 0 Å². The highest BCUT2D eigenvalue weighted by Gasteiger charge is 2.27. The molecule has 6 heteroatoms. The molecule has 0 aliphatic rings. The van der Waals surface area contributed by atoms with Crippen LogP contribution in [0.15, 0.2) is 127 Å². The number of rotatable bonds is 7. The second-order valence-corrected chi connectivity index (χ2v) is 9.62. The average Bonchev–Trinajstić information content (AvgIpc) is 3.41. The number of carbonyl (C=O) groups is 1. The molecule has 0 saturated carbocycles. The van der Waals surface area contributed by atoms with Crippen molar-refractivity contribution in [2.24, 2.45) is 0 Å². The van der Waals surface area contributed by atoms with Crippen molar-refractivity contribution in [3.63, 3.8) is 0 Å². The third kappa shape index (κ3) is 4.67. The number of H-pyrrole nitrogens is 1. The number of benzene rings is 4. The summed E-state index contributed by atoms with van der Waals surface area (Å²) in [5.41, 5.74) is 5.78. The molecule has 2 heterocycles. The molecule has 178 valence electrons. The molecule has 0 saturated heterocycles. The zero-order valence-corrected chi connectivity index (χ0v) is 20.6. The minimum Gasteiger partial charge on any atom is -0.360 e. The molecule has 0 bridgehead atoms. The van der Waals surface area contributed by atoms with E-state index in [0.29, 0.717) is 16.4 Å². The van der Waals surface area contributed by atoms with E-state index in [2.05, 4.69) is 15.2 Å². The van der Waals surface area contributed by atoms with E-state index in [-0.39, 0.29) is 5.78 Å². The Morgan fingerprint density at radius 3 is 1.97 bits per heavy atom. The van der Waals surface area contributed by atoms with Gasteiger partial charge in [0.2, 0.25) is 5.16 Å². The molecule has 6 aromatic rings. The lowest BCUT2D eigenvalue weighted by molar-refractivity contribution is 0.0991. The minimum atomic E-state index is -0.534. The molecule has 4 aromatic carbocycles. The van der Waals surface area contributed by atoms with Gasteiger partial charge in [-0.1, -0.05) is 121 Å². The highest BCUT2D eigenvalue weighted by molar-refractivity contribution is 8.00.